The molecule has 1 rings (SSSR count). The summed E-state index contributed by atoms with van der Waals surface area (Å²) in [7, 11) is 2.17. The summed E-state index contributed by atoms with van der Waals surface area (Å²) in [5.74, 6) is 0. The van der Waals surface area contributed by atoms with Crippen LogP contribution in [0.4, 0.5) is 0 Å². The Morgan fingerprint density at radius 3 is 2.47 bits per heavy atom. The molecular weight excluding hydrogens is 276 g/mol. The summed E-state index contributed by atoms with van der Waals surface area (Å²) in [6.07, 6.45) is 3.54. The molecule has 0 saturated carbocycles. The minimum absolute atomic E-state index is 0.146. The zero-order chi connectivity index (χ0) is 12.7. The van der Waals surface area contributed by atoms with Crippen molar-refractivity contribution in [3.8, 4) is 0 Å². The molecule has 0 heterocycles. The number of nitrogens with two attached hydrogens (primary N) is 1. The molecule has 0 saturated heterocycles. The van der Waals surface area contributed by atoms with Crippen LogP contribution in [0.3, 0.4) is 0 Å². The van der Waals surface area contributed by atoms with E-state index < -0.39 is 0 Å². The highest BCUT2D eigenvalue weighted by atomic mass is 79.9. The first-order valence-corrected chi connectivity index (χ1v) is 7.12. The van der Waals surface area contributed by atoms with E-state index in [0.29, 0.717) is 0 Å². The number of hydrogen-bond acceptors (Lipinski definition) is 2. The molecule has 96 valence electrons. The van der Waals surface area contributed by atoms with E-state index in [9.17, 15) is 0 Å². The lowest BCUT2D eigenvalue weighted by Crippen LogP contribution is -2.24. The van der Waals surface area contributed by atoms with Gasteiger partial charge in [0.05, 0.1) is 0 Å². The monoisotopic (exact) mass is 298 g/mol. The van der Waals surface area contributed by atoms with Gasteiger partial charge in [0.25, 0.3) is 0 Å². The van der Waals surface area contributed by atoms with Crippen molar-refractivity contribution in [2.75, 3.05) is 20.1 Å². The summed E-state index contributed by atoms with van der Waals surface area (Å²) in [6, 6.07) is 8.44. The van der Waals surface area contributed by atoms with Gasteiger partial charge < -0.3 is 10.6 Å². The molecule has 17 heavy (non-hydrogen) atoms. The van der Waals surface area contributed by atoms with E-state index in [1.54, 1.807) is 0 Å². The molecule has 1 aromatic carbocycles. The van der Waals surface area contributed by atoms with E-state index in [1.807, 2.05) is 0 Å². The van der Waals surface area contributed by atoms with E-state index in [-0.39, 0.29) is 6.04 Å². The van der Waals surface area contributed by atoms with E-state index in [4.69, 9.17) is 5.73 Å². The van der Waals surface area contributed by atoms with Crippen LogP contribution < -0.4 is 5.73 Å². The first kappa shape index (κ1) is 14.7. The SMILES string of the molecule is CCCCN(C)CCC(N)c1ccc(Br)cc1. The number of benzene rings is 1. The van der Waals surface area contributed by atoms with Crippen molar-refractivity contribution in [2.24, 2.45) is 5.73 Å². The first-order valence-electron chi connectivity index (χ1n) is 6.33. The molecule has 1 aromatic rings. The Balaban J connectivity index is 2.34. The van der Waals surface area contributed by atoms with Gasteiger partial charge in [-0.05, 0) is 50.7 Å². The van der Waals surface area contributed by atoms with Gasteiger partial charge in [0.1, 0.15) is 0 Å². The third kappa shape index (κ3) is 5.66. The molecular formula is C14H23BrN2. The van der Waals surface area contributed by atoms with Crippen molar-refractivity contribution in [1.29, 1.82) is 0 Å². The van der Waals surface area contributed by atoms with Crippen LogP contribution in [0.15, 0.2) is 28.7 Å². The highest BCUT2D eigenvalue weighted by Gasteiger charge is 2.07. The fraction of sp³-hybridized carbons (Fsp3) is 0.571. The highest BCUT2D eigenvalue weighted by molar-refractivity contribution is 9.10. The molecule has 1 atom stereocenters. The maximum atomic E-state index is 6.18. The largest absolute Gasteiger partial charge is 0.324 e. The number of nitrogens with zero attached hydrogens (tertiary/aromatic N) is 1. The third-order valence-electron chi connectivity index (χ3n) is 3.01. The van der Waals surface area contributed by atoms with Crippen LogP contribution in [-0.2, 0) is 0 Å². The van der Waals surface area contributed by atoms with Crippen LogP contribution in [0.2, 0.25) is 0 Å². The topological polar surface area (TPSA) is 29.3 Å². The molecule has 2 nitrogen and oxygen atoms in total. The lowest BCUT2D eigenvalue weighted by atomic mass is 10.0. The Morgan fingerprint density at radius 2 is 1.88 bits per heavy atom. The Morgan fingerprint density at radius 1 is 1.24 bits per heavy atom. The maximum absolute atomic E-state index is 6.18. The van der Waals surface area contributed by atoms with Gasteiger partial charge in [-0.15, -0.1) is 0 Å². The minimum Gasteiger partial charge on any atom is -0.324 e. The van der Waals surface area contributed by atoms with Crippen molar-refractivity contribution < 1.29 is 0 Å². The summed E-state index contributed by atoms with van der Waals surface area (Å²) in [6.45, 7) is 4.46. The zero-order valence-corrected chi connectivity index (χ0v) is 12.4. The van der Waals surface area contributed by atoms with Gasteiger partial charge >= 0.3 is 0 Å². The highest BCUT2D eigenvalue weighted by Crippen LogP contribution is 2.17. The maximum Gasteiger partial charge on any atom is 0.0307 e. The molecule has 0 aliphatic heterocycles. The van der Waals surface area contributed by atoms with Crippen LogP contribution in [-0.4, -0.2) is 25.0 Å². The van der Waals surface area contributed by atoms with Crippen molar-refractivity contribution >= 4 is 15.9 Å². The molecule has 0 aliphatic carbocycles. The molecule has 2 N–H and O–H groups in total. The molecule has 0 spiro atoms. The Labute approximate surface area is 113 Å². The minimum atomic E-state index is 0.146. The van der Waals surface area contributed by atoms with E-state index >= 15 is 0 Å². The number of unbranched alkanes of at least 4 members (excludes halogenated alkanes) is 1. The summed E-state index contributed by atoms with van der Waals surface area (Å²) in [5.41, 5.74) is 7.40. The average molecular weight is 299 g/mol. The quantitative estimate of drug-likeness (QED) is 0.834. The Hall–Kier alpha value is -0.380. The van der Waals surface area contributed by atoms with Crippen molar-refractivity contribution in [1.82, 2.24) is 4.90 Å². The van der Waals surface area contributed by atoms with Crippen LogP contribution in [0.25, 0.3) is 0 Å². The summed E-state index contributed by atoms with van der Waals surface area (Å²) < 4.78 is 1.11. The van der Waals surface area contributed by atoms with Gasteiger partial charge in [-0.25, -0.2) is 0 Å². The van der Waals surface area contributed by atoms with Gasteiger partial charge in [-0.3, -0.25) is 0 Å². The van der Waals surface area contributed by atoms with Crippen LogP contribution >= 0.6 is 15.9 Å². The molecule has 0 bridgehead atoms. The van der Waals surface area contributed by atoms with Crippen LogP contribution in [0, 0.1) is 0 Å². The predicted molar refractivity (Wildman–Crippen MR) is 78.1 cm³/mol. The Kier molecular flexibility index (Phi) is 6.78. The molecule has 0 fully saturated rings. The van der Waals surface area contributed by atoms with Crippen LogP contribution in [0.5, 0.6) is 0 Å². The predicted octanol–water partition coefficient (Wildman–Crippen LogP) is 3.57. The average Bonchev–Trinajstić information content (AvgIpc) is 2.34. The van der Waals surface area contributed by atoms with E-state index in [1.165, 1.54) is 24.9 Å². The lowest BCUT2D eigenvalue weighted by molar-refractivity contribution is 0.313. The fourth-order valence-corrected chi connectivity index (χ4v) is 2.04. The summed E-state index contributed by atoms with van der Waals surface area (Å²) in [4.78, 5) is 2.36. The first-order chi connectivity index (χ1) is 8.13. The van der Waals surface area contributed by atoms with Gasteiger partial charge in [-0.2, -0.15) is 0 Å². The van der Waals surface area contributed by atoms with Crippen molar-refractivity contribution in [3.05, 3.63) is 34.3 Å². The van der Waals surface area contributed by atoms with Gasteiger partial charge in [-0.1, -0.05) is 41.4 Å². The summed E-state index contributed by atoms with van der Waals surface area (Å²) in [5, 5.41) is 0. The van der Waals surface area contributed by atoms with E-state index in [2.05, 4.69) is 59.1 Å². The van der Waals surface area contributed by atoms with Gasteiger partial charge in [0.15, 0.2) is 0 Å². The standard InChI is InChI=1S/C14H23BrN2/c1-3-4-10-17(2)11-9-14(16)12-5-7-13(15)8-6-12/h5-8,14H,3-4,9-11,16H2,1-2H3. The molecule has 0 amide bonds. The normalized spacial score (nSPS) is 13.0. The lowest BCUT2D eigenvalue weighted by Gasteiger charge is -2.19. The number of halogens is 1. The number of rotatable bonds is 7. The van der Waals surface area contributed by atoms with Gasteiger partial charge in [0, 0.05) is 10.5 Å². The molecule has 0 radical (unpaired) electrons. The van der Waals surface area contributed by atoms with Crippen LogP contribution in [0.1, 0.15) is 37.8 Å². The third-order valence-corrected chi connectivity index (χ3v) is 3.54. The second-order valence-corrected chi connectivity index (χ2v) is 5.52. The zero-order valence-electron chi connectivity index (χ0n) is 10.8. The molecule has 0 aromatic heterocycles. The van der Waals surface area contributed by atoms with Crippen molar-refractivity contribution in [3.63, 3.8) is 0 Å². The number of hydrogen-bond donors (Lipinski definition) is 1. The fourth-order valence-electron chi connectivity index (χ4n) is 1.78. The van der Waals surface area contributed by atoms with Gasteiger partial charge in [0.2, 0.25) is 0 Å². The van der Waals surface area contributed by atoms with E-state index in [0.717, 1.165) is 17.4 Å². The second-order valence-electron chi connectivity index (χ2n) is 4.60. The Bertz CT molecular complexity index is 311. The second kappa shape index (κ2) is 7.85. The smallest absolute Gasteiger partial charge is 0.0307 e. The summed E-state index contributed by atoms with van der Waals surface area (Å²) >= 11 is 3.44. The molecule has 1 unspecified atom stereocenters. The molecule has 3 heteroatoms. The van der Waals surface area contributed by atoms with Crippen molar-refractivity contribution in [2.45, 2.75) is 32.2 Å². The molecule has 0 aliphatic rings.